The second kappa shape index (κ2) is 8.23. The highest BCUT2D eigenvalue weighted by Crippen LogP contribution is 2.32. The Morgan fingerprint density at radius 3 is 2.74 bits per heavy atom. The monoisotopic (exact) mass is 452 g/mol. The maximum atomic E-state index is 5.99. The predicted octanol–water partition coefficient (Wildman–Crippen LogP) is 2.78. The molecule has 5 aromatic rings. The van der Waals surface area contributed by atoms with Crippen molar-refractivity contribution >= 4 is 39.7 Å². The summed E-state index contributed by atoms with van der Waals surface area (Å²) in [7, 11) is 0. The Hall–Kier alpha value is -4.31. The molecule has 10 nitrogen and oxygen atoms in total. The Kier molecular flexibility index (Phi) is 4.92. The van der Waals surface area contributed by atoms with Gasteiger partial charge in [0.05, 0.1) is 11.2 Å². The van der Waals surface area contributed by atoms with E-state index in [4.69, 9.17) is 10.7 Å². The van der Waals surface area contributed by atoms with E-state index in [1.807, 2.05) is 40.8 Å². The van der Waals surface area contributed by atoms with Gasteiger partial charge >= 0.3 is 0 Å². The molecule has 0 saturated carbocycles. The summed E-state index contributed by atoms with van der Waals surface area (Å²) in [4.78, 5) is 24.9. The summed E-state index contributed by atoms with van der Waals surface area (Å²) in [5.74, 6) is 1.84. The zero-order valence-electron chi connectivity index (χ0n) is 18.7. The van der Waals surface area contributed by atoms with Crippen molar-refractivity contribution < 1.29 is 0 Å². The molecule has 1 aliphatic rings. The first-order valence-corrected chi connectivity index (χ1v) is 11.2. The third-order valence-electron chi connectivity index (χ3n) is 5.93. The minimum atomic E-state index is 0.177. The Morgan fingerprint density at radius 2 is 1.88 bits per heavy atom. The van der Waals surface area contributed by atoms with E-state index in [1.54, 1.807) is 13.1 Å². The van der Waals surface area contributed by atoms with Crippen LogP contribution in [0, 0.1) is 6.92 Å². The highest BCUT2D eigenvalue weighted by atomic mass is 15.2. The summed E-state index contributed by atoms with van der Waals surface area (Å²) in [5, 5.41) is 7.93. The number of fused-ring (bicyclic) bond motifs is 2. The van der Waals surface area contributed by atoms with E-state index in [0.29, 0.717) is 17.5 Å². The van der Waals surface area contributed by atoms with Gasteiger partial charge in [-0.1, -0.05) is 12.1 Å². The number of hydrogen-bond donors (Lipinski definition) is 3. The minimum absolute atomic E-state index is 0.177. The van der Waals surface area contributed by atoms with Crippen LogP contribution in [-0.2, 0) is 0 Å². The lowest BCUT2D eigenvalue weighted by Crippen LogP contribution is -2.43. The number of piperazine rings is 1. The van der Waals surface area contributed by atoms with Crippen molar-refractivity contribution in [2.24, 2.45) is 0 Å². The molecule has 0 unspecified atom stereocenters. The number of nitrogens with two attached hydrogens (primary N) is 1. The summed E-state index contributed by atoms with van der Waals surface area (Å²) in [5.41, 5.74) is 10.4. The SMILES string of the molecule is Cc1nc(N)nc(-c2c(Nc3ccc4cccnc4c3)nc3ccc(N4CCNCC4)cn23)n1. The number of nitrogen functional groups attached to an aromatic ring is 1. The molecule has 0 aliphatic carbocycles. The van der Waals surface area contributed by atoms with E-state index in [9.17, 15) is 0 Å². The first-order chi connectivity index (χ1) is 16.6. The fourth-order valence-corrected chi connectivity index (χ4v) is 4.33. The van der Waals surface area contributed by atoms with Crippen LogP contribution in [0.25, 0.3) is 28.1 Å². The van der Waals surface area contributed by atoms with Crippen LogP contribution in [0.15, 0.2) is 54.9 Å². The second-order valence-electron chi connectivity index (χ2n) is 8.26. The van der Waals surface area contributed by atoms with Gasteiger partial charge in [-0.2, -0.15) is 9.97 Å². The predicted molar refractivity (Wildman–Crippen MR) is 133 cm³/mol. The van der Waals surface area contributed by atoms with E-state index in [1.165, 1.54) is 0 Å². The molecule has 1 aromatic carbocycles. The van der Waals surface area contributed by atoms with Gasteiger partial charge in [0.1, 0.15) is 17.2 Å². The largest absolute Gasteiger partial charge is 0.368 e. The van der Waals surface area contributed by atoms with Gasteiger partial charge in [0.2, 0.25) is 5.95 Å². The van der Waals surface area contributed by atoms with Crippen molar-refractivity contribution in [3.63, 3.8) is 0 Å². The normalized spacial score (nSPS) is 14.1. The highest BCUT2D eigenvalue weighted by molar-refractivity contribution is 5.84. The number of rotatable bonds is 4. The summed E-state index contributed by atoms with van der Waals surface area (Å²) in [6, 6.07) is 14.1. The van der Waals surface area contributed by atoms with Crippen molar-refractivity contribution in [1.29, 1.82) is 0 Å². The van der Waals surface area contributed by atoms with Crippen LogP contribution in [-0.4, -0.2) is 55.5 Å². The van der Waals surface area contributed by atoms with Crippen LogP contribution in [0.4, 0.5) is 23.1 Å². The molecule has 0 atom stereocenters. The van der Waals surface area contributed by atoms with Gasteiger partial charge in [-0.15, -0.1) is 0 Å². The molecule has 0 bridgehead atoms. The Balaban J connectivity index is 1.50. The number of hydrogen-bond acceptors (Lipinski definition) is 9. The number of nitrogens with zero attached hydrogens (tertiary/aromatic N) is 7. The molecule has 0 spiro atoms. The number of aromatic nitrogens is 6. The molecule has 1 saturated heterocycles. The van der Waals surface area contributed by atoms with Gasteiger partial charge in [0.25, 0.3) is 0 Å². The molecule has 4 aromatic heterocycles. The van der Waals surface area contributed by atoms with E-state index in [0.717, 1.165) is 59.8 Å². The fourth-order valence-electron chi connectivity index (χ4n) is 4.33. The first-order valence-electron chi connectivity index (χ1n) is 11.2. The molecule has 10 heteroatoms. The van der Waals surface area contributed by atoms with Crippen molar-refractivity contribution in [2.45, 2.75) is 6.92 Å². The van der Waals surface area contributed by atoms with Gasteiger partial charge in [0.15, 0.2) is 11.6 Å². The number of nitrogens with one attached hydrogen (secondary N) is 2. The molecular formula is C24H24N10. The topological polar surface area (TPSA) is 122 Å². The summed E-state index contributed by atoms with van der Waals surface area (Å²) < 4.78 is 2.02. The smallest absolute Gasteiger partial charge is 0.223 e. The molecule has 0 amide bonds. The number of anilines is 4. The van der Waals surface area contributed by atoms with Crippen LogP contribution >= 0.6 is 0 Å². The van der Waals surface area contributed by atoms with Crippen LogP contribution in [0.1, 0.15) is 5.82 Å². The van der Waals surface area contributed by atoms with E-state index < -0.39 is 0 Å². The lowest BCUT2D eigenvalue weighted by molar-refractivity contribution is 0.588. The zero-order chi connectivity index (χ0) is 23.1. The molecule has 6 rings (SSSR count). The molecule has 1 fully saturated rings. The molecule has 0 radical (unpaired) electrons. The van der Waals surface area contributed by atoms with E-state index in [2.05, 4.69) is 47.7 Å². The molecule has 170 valence electrons. The molecular weight excluding hydrogens is 428 g/mol. The van der Waals surface area contributed by atoms with Crippen molar-refractivity contribution in [2.75, 3.05) is 42.1 Å². The number of pyridine rings is 2. The lowest BCUT2D eigenvalue weighted by atomic mass is 10.2. The maximum absolute atomic E-state index is 5.99. The Bertz CT molecular complexity index is 1480. The Morgan fingerprint density at radius 1 is 1.00 bits per heavy atom. The third-order valence-corrected chi connectivity index (χ3v) is 5.93. The molecule has 4 N–H and O–H groups in total. The van der Waals surface area contributed by atoms with Gasteiger partial charge < -0.3 is 21.3 Å². The van der Waals surface area contributed by atoms with E-state index >= 15 is 0 Å². The summed E-state index contributed by atoms with van der Waals surface area (Å²) in [6.45, 7) is 5.62. The van der Waals surface area contributed by atoms with E-state index in [-0.39, 0.29) is 5.95 Å². The highest BCUT2D eigenvalue weighted by Gasteiger charge is 2.20. The van der Waals surface area contributed by atoms with Gasteiger partial charge in [-0.3, -0.25) is 9.38 Å². The van der Waals surface area contributed by atoms with Crippen molar-refractivity contribution in [3.05, 3.63) is 60.7 Å². The quantitative estimate of drug-likeness (QED) is 0.378. The van der Waals surface area contributed by atoms with Crippen molar-refractivity contribution in [1.82, 2.24) is 34.6 Å². The standard InChI is InChI=1S/C24H24N10/c1-15-28-22(32-24(25)29-15)21-23(30-17-5-4-16-3-2-8-27-19(16)13-17)31-20-7-6-18(14-34(20)21)33-11-9-26-10-12-33/h2-8,13-14,26,30H,9-12H2,1H3,(H2,25,28,29,32). The van der Waals surface area contributed by atoms with Crippen LogP contribution in [0.2, 0.25) is 0 Å². The van der Waals surface area contributed by atoms with Crippen LogP contribution in [0.3, 0.4) is 0 Å². The van der Waals surface area contributed by atoms with Crippen LogP contribution < -0.4 is 21.3 Å². The lowest BCUT2D eigenvalue weighted by Gasteiger charge is -2.29. The summed E-state index contributed by atoms with van der Waals surface area (Å²) in [6.07, 6.45) is 3.88. The Labute approximate surface area is 195 Å². The fraction of sp³-hybridized carbons (Fsp3) is 0.208. The van der Waals surface area contributed by atoms with Crippen molar-refractivity contribution in [3.8, 4) is 11.5 Å². The number of aryl methyl sites for hydroxylation is 1. The first kappa shape index (κ1) is 20.3. The second-order valence-corrected chi connectivity index (χ2v) is 8.26. The molecule has 34 heavy (non-hydrogen) atoms. The maximum Gasteiger partial charge on any atom is 0.223 e. The van der Waals surface area contributed by atoms with Crippen LogP contribution in [0.5, 0.6) is 0 Å². The summed E-state index contributed by atoms with van der Waals surface area (Å²) >= 11 is 0. The molecule has 5 heterocycles. The minimum Gasteiger partial charge on any atom is -0.368 e. The van der Waals surface area contributed by atoms with Gasteiger partial charge in [0, 0.05) is 49.6 Å². The number of benzene rings is 1. The average molecular weight is 453 g/mol. The number of imidazole rings is 1. The zero-order valence-corrected chi connectivity index (χ0v) is 18.7. The average Bonchev–Trinajstić information content (AvgIpc) is 3.21. The third kappa shape index (κ3) is 3.73. The van der Waals surface area contributed by atoms with Gasteiger partial charge in [-0.05, 0) is 37.3 Å². The molecule has 1 aliphatic heterocycles. The van der Waals surface area contributed by atoms with Gasteiger partial charge in [-0.25, -0.2) is 9.97 Å².